The van der Waals surface area contributed by atoms with E-state index in [0.717, 1.165) is 47.2 Å². The molecule has 5 heteroatoms. The summed E-state index contributed by atoms with van der Waals surface area (Å²) in [5.74, 6) is 0. The number of halogens is 2. The fraction of sp³-hybridized carbons (Fsp3) is 0.286. The lowest BCUT2D eigenvalue weighted by atomic mass is 9.98. The van der Waals surface area contributed by atoms with Gasteiger partial charge in [-0.25, -0.2) is 8.78 Å². The zero-order valence-electron chi connectivity index (χ0n) is 14.8. The average molecular weight is 354 g/mol. The Morgan fingerprint density at radius 2 is 1.88 bits per heavy atom. The first-order valence-corrected chi connectivity index (χ1v) is 8.75. The molecule has 3 nitrogen and oxygen atoms in total. The largest absolute Gasteiger partial charge is 0.341 e. The zero-order chi connectivity index (χ0) is 18.4. The molecule has 2 aromatic carbocycles. The molecule has 1 aliphatic rings. The van der Waals surface area contributed by atoms with Crippen LogP contribution < -0.4 is 10.5 Å². The lowest BCUT2D eigenvalue weighted by Crippen LogP contribution is -2.26. The Kier molecular flexibility index (Phi) is 4.02. The molecule has 134 valence electrons. The second kappa shape index (κ2) is 6.24. The van der Waals surface area contributed by atoms with Gasteiger partial charge in [0, 0.05) is 35.8 Å². The Bertz CT molecular complexity index is 1060. The van der Waals surface area contributed by atoms with Crippen molar-refractivity contribution < 1.29 is 8.78 Å². The van der Waals surface area contributed by atoms with Gasteiger partial charge >= 0.3 is 0 Å². The molecule has 3 aromatic rings. The van der Waals surface area contributed by atoms with Gasteiger partial charge in [-0.2, -0.15) is 0 Å². The highest BCUT2D eigenvalue weighted by atomic mass is 19.3. The third kappa shape index (κ3) is 2.59. The van der Waals surface area contributed by atoms with Gasteiger partial charge in [0.15, 0.2) is 0 Å². The van der Waals surface area contributed by atoms with Crippen LogP contribution in [0, 0.1) is 6.92 Å². The summed E-state index contributed by atoms with van der Waals surface area (Å²) in [6, 6.07) is 12.7. The van der Waals surface area contributed by atoms with Crippen LogP contribution in [-0.2, 0) is 13.5 Å². The fourth-order valence-corrected chi connectivity index (χ4v) is 3.85. The summed E-state index contributed by atoms with van der Waals surface area (Å²) in [7, 11) is 1.76. The Balaban J connectivity index is 1.95. The fourth-order valence-electron chi connectivity index (χ4n) is 3.85. The molecule has 4 rings (SSSR count). The van der Waals surface area contributed by atoms with Gasteiger partial charge in [-0.15, -0.1) is 0 Å². The molecule has 26 heavy (non-hydrogen) atoms. The SMILES string of the molecule is Cc1cc2c(N3CCCc4ccc(C(F)F)cc43)cccc2n(C)c1=O. The van der Waals surface area contributed by atoms with Gasteiger partial charge in [-0.1, -0.05) is 18.2 Å². The van der Waals surface area contributed by atoms with Crippen LogP contribution in [-0.4, -0.2) is 11.1 Å². The summed E-state index contributed by atoms with van der Waals surface area (Å²) in [6.07, 6.45) is -0.639. The van der Waals surface area contributed by atoms with Gasteiger partial charge in [-0.05, 0) is 49.6 Å². The lowest BCUT2D eigenvalue weighted by molar-refractivity contribution is 0.151. The van der Waals surface area contributed by atoms with Crippen molar-refractivity contribution in [2.45, 2.75) is 26.2 Å². The van der Waals surface area contributed by atoms with E-state index < -0.39 is 6.43 Å². The molecule has 0 aliphatic carbocycles. The molecule has 0 saturated carbocycles. The second-order valence-corrected chi connectivity index (χ2v) is 6.85. The summed E-state index contributed by atoms with van der Waals surface area (Å²) in [5, 5.41) is 0.961. The van der Waals surface area contributed by atoms with E-state index in [1.165, 1.54) is 6.07 Å². The van der Waals surface area contributed by atoms with E-state index in [0.29, 0.717) is 5.56 Å². The highest BCUT2D eigenvalue weighted by Gasteiger charge is 2.22. The maximum absolute atomic E-state index is 13.2. The van der Waals surface area contributed by atoms with E-state index in [2.05, 4.69) is 4.90 Å². The number of alkyl halides is 2. The predicted molar refractivity (Wildman–Crippen MR) is 101 cm³/mol. The third-order valence-corrected chi connectivity index (χ3v) is 5.20. The highest BCUT2D eigenvalue weighted by molar-refractivity contribution is 5.95. The van der Waals surface area contributed by atoms with Crippen LogP contribution in [0.2, 0.25) is 0 Å². The molecule has 0 spiro atoms. The molecule has 0 amide bonds. The number of aryl methyl sites for hydroxylation is 3. The van der Waals surface area contributed by atoms with Crippen molar-refractivity contribution in [2.24, 2.45) is 7.05 Å². The number of aromatic nitrogens is 1. The van der Waals surface area contributed by atoms with Crippen molar-refractivity contribution in [2.75, 3.05) is 11.4 Å². The van der Waals surface area contributed by atoms with Gasteiger partial charge in [-0.3, -0.25) is 4.79 Å². The normalized spacial score (nSPS) is 14.1. The minimum absolute atomic E-state index is 0.0197. The van der Waals surface area contributed by atoms with E-state index in [9.17, 15) is 13.6 Å². The van der Waals surface area contributed by atoms with Gasteiger partial charge in [0.1, 0.15) is 0 Å². The molecule has 0 fully saturated rings. The summed E-state index contributed by atoms with van der Waals surface area (Å²) in [4.78, 5) is 14.4. The predicted octanol–water partition coefficient (Wildman–Crippen LogP) is 4.87. The maximum atomic E-state index is 13.2. The third-order valence-electron chi connectivity index (χ3n) is 5.20. The topological polar surface area (TPSA) is 25.2 Å². The minimum Gasteiger partial charge on any atom is -0.341 e. The number of benzene rings is 2. The molecule has 0 radical (unpaired) electrons. The Morgan fingerprint density at radius 3 is 2.65 bits per heavy atom. The van der Waals surface area contributed by atoms with Gasteiger partial charge in [0.2, 0.25) is 0 Å². The minimum atomic E-state index is -2.49. The van der Waals surface area contributed by atoms with Crippen molar-refractivity contribution in [3.8, 4) is 0 Å². The standard InChI is InChI=1S/C21H20F2N2O/c1-13-11-16-17(24(2)21(13)26)6-3-7-18(16)25-10-4-5-14-8-9-15(20(22)23)12-19(14)25/h3,6-9,11-12,20H,4-5,10H2,1-2H3. The number of nitrogens with zero attached hydrogens (tertiary/aromatic N) is 2. The van der Waals surface area contributed by atoms with Crippen LogP contribution in [0.5, 0.6) is 0 Å². The summed E-state index contributed by atoms with van der Waals surface area (Å²) >= 11 is 0. The first-order valence-electron chi connectivity index (χ1n) is 8.75. The van der Waals surface area contributed by atoms with E-state index in [1.54, 1.807) is 24.6 Å². The first kappa shape index (κ1) is 16.8. The lowest BCUT2D eigenvalue weighted by Gasteiger charge is -2.33. The van der Waals surface area contributed by atoms with E-state index in [1.807, 2.05) is 30.3 Å². The average Bonchev–Trinajstić information content (AvgIpc) is 2.65. The van der Waals surface area contributed by atoms with Gasteiger partial charge < -0.3 is 9.47 Å². The highest BCUT2D eigenvalue weighted by Crippen LogP contribution is 2.39. The molecule has 0 unspecified atom stereocenters. The molecule has 0 N–H and O–H groups in total. The first-order chi connectivity index (χ1) is 12.5. The van der Waals surface area contributed by atoms with Crippen molar-refractivity contribution >= 4 is 22.3 Å². The van der Waals surface area contributed by atoms with E-state index >= 15 is 0 Å². The quantitative estimate of drug-likeness (QED) is 0.656. The van der Waals surface area contributed by atoms with Crippen LogP contribution in [0.4, 0.5) is 20.2 Å². The van der Waals surface area contributed by atoms with Crippen LogP contribution in [0.25, 0.3) is 10.9 Å². The Labute approximate surface area is 150 Å². The zero-order valence-corrected chi connectivity index (χ0v) is 14.8. The van der Waals surface area contributed by atoms with E-state index in [4.69, 9.17) is 0 Å². The number of hydrogen-bond acceptors (Lipinski definition) is 2. The van der Waals surface area contributed by atoms with Crippen molar-refractivity contribution in [3.05, 3.63) is 69.5 Å². The van der Waals surface area contributed by atoms with Crippen molar-refractivity contribution in [1.82, 2.24) is 4.57 Å². The molecule has 0 saturated heterocycles. The number of hydrogen-bond donors (Lipinski definition) is 0. The summed E-state index contributed by atoms with van der Waals surface area (Å²) in [6.45, 7) is 2.57. The number of pyridine rings is 1. The van der Waals surface area contributed by atoms with Crippen LogP contribution >= 0.6 is 0 Å². The van der Waals surface area contributed by atoms with Crippen molar-refractivity contribution in [1.29, 1.82) is 0 Å². The number of rotatable bonds is 2. The summed E-state index contributed by atoms with van der Waals surface area (Å²) in [5.41, 5.74) is 4.41. The van der Waals surface area contributed by atoms with Crippen LogP contribution in [0.15, 0.2) is 47.3 Å². The number of fused-ring (bicyclic) bond motifs is 2. The Hall–Kier alpha value is -2.69. The molecule has 0 bridgehead atoms. The smallest absolute Gasteiger partial charge is 0.263 e. The van der Waals surface area contributed by atoms with Crippen LogP contribution in [0.1, 0.15) is 29.5 Å². The van der Waals surface area contributed by atoms with Crippen LogP contribution in [0.3, 0.4) is 0 Å². The molecular formula is C21H20F2N2O. The monoisotopic (exact) mass is 354 g/mol. The Morgan fingerprint density at radius 1 is 1.08 bits per heavy atom. The molecule has 0 atom stereocenters. The van der Waals surface area contributed by atoms with Gasteiger partial charge in [0.25, 0.3) is 12.0 Å². The molecular weight excluding hydrogens is 334 g/mol. The second-order valence-electron chi connectivity index (χ2n) is 6.85. The van der Waals surface area contributed by atoms with E-state index in [-0.39, 0.29) is 11.1 Å². The molecule has 2 heterocycles. The molecule has 1 aliphatic heterocycles. The maximum Gasteiger partial charge on any atom is 0.263 e. The summed E-state index contributed by atoms with van der Waals surface area (Å²) < 4.78 is 28.1. The molecule has 1 aromatic heterocycles. The number of anilines is 2. The van der Waals surface area contributed by atoms with Crippen molar-refractivity contribution in [3.63, 3.8) is 0 Å². The van der Waals surface area contributed by atoms with Gasteiger partial charge in [0.05, 0.1) is 11.2 Å².